The number of unbranched alkanes of at least 4 members (excludes halogenated alkanes) is 1. The van der Waals surface area contributed by atoms with Crippen molar-refractivity contribution in [2.24, 2.45) is 17.1 Å². The summed E-state index contributed by atoms with van der Waals surface area (Å²) in [4.78, 5) is 0. The summed E-state index contributed by atoms with van der Waals surface area (Å²) in [5, 5.41) is 0. The largest absolute Gasteiger partial charge is 0.330 e. The van der Waals surface area contributed by atoms with E-state index in [1.807, 2.05) is 0 Å². The molecule has 2 N–H and O–H groups in total. The van der Waals surface area contributed by atoms with Crippen LogP contribution >= 0.6 is 0 Å². The van der Waals surface area contributed by atoms with Gasteiger partial charge in [-0.05, 0) is 37.1 Å². The van der Waals surface area contributed by atoms with E-state index in [2.05, 4.69) is 20.8 Å². The van der Waals surface area contributed by atoms with Gasteiger partial charge >= 0.3 is 0 Å². The molecule has 0 aromatic heterocycles. The highest BCUT2D eigenvalue weighted by atomic mass is 32.2. The number of hydrogen-bond donors (Lipinski definition) is 1. The molecule has 1 unspecified atom stereocenters. The van der Waals surface area contributed by atoms with Crippen molar-refractivity contribution in [2.75, 3.05) is 25.4 Å². The molecule has 0 aromatic carbocycles. The van der Waals surface area contributed by atoms with Crippen LogP contribution in [0.15, 0.2) is 0 Å². The monoisotopic (exact) mass is 262 g/mol. The molecule has 0 saturated carbocycles. The Bertz CT molecular complexity index is 333. The summed E-state index contributed by atoms with van der Waals surface area (Å²) in [6.07, 6.45) is 2.45. The van der Waals surface area contributed by atoms with Gasteiger partial charge in [-0.25, -0.2) is 12.7 Å². The van der Waals surface area contributed by atoms with E-state index in [1.165, 1.54) is 0 Å². The lowest BCUT2D eigenvalue weighted by Gasteiger charge is -2.26. The molecular formula is C12H26N2O2S. The fourth-order valence-corrected chi connectivity index (χ4v) is 3.86. The number of nitrogens with zero attached hydrogens (tertiary/aromatic N) is 1. The van der Waals surface area contributed by atoms with Crippen molar-refractivity contribution in [1.29, 1.82) is 0 Å². The van der Waals surface area contributed by atoms with Gasteiger partial charge in [0.2, 0.25) is 10.0 Å². The van der Waals surface area contributed by atoms with Crippen molar-refractivity contribution in [1.82, 2.24) is 4.31 Å². The van der Waals surface area contributed by atoms with Crippen molar-refractivity contribution in [3.05, 3.63) is 0 Å². The van der Waals surface area contributed by atoms with Gasteiger partial charge in [-0.15, -0.1) is 0 Å². The Morgan fingerprint density at radius 2 is 1.94 bits per heavy atom. The molecule has 0 spiro atoms. The summed E-state index contributed by atoms with van der Waals surface area (Å²) in [6.45, 7) is 8.49. The lowest BCUT2D eigenvalue weighted by molar-refractivity contribution is 0.252. The van der Waals surface area contributed by atoms with Gasteiger partial charge in [-0.1, -0.05) is 20.8 Å². The summed E-state index contributed by atoms with van der Waals surface area (Å²) in [6, 6.07) is 0. The number of hydrogen-bond acceptors (Lipinski definition) is 3. The summed E-state index contributed by atoms with van der Waals surface area (Å²) < 4.78 is 25.8. The number of sulfonamides is 1. The Labute approximate surface area is 106 Å². The molecule has 102 valence electrons. The summed E-state index contributed by atoms with van der Waals surface area (Å²) >= 11 is 0. The Hall–Kier alpha value is -0.130. The zero-order valence-electron chi connectivity index (χ0n) is 11.3. The van der Waals surface area contributed by atoms with E-state index in [1.54, 1.807) is 4.31 Å². The van der Waals surface area contributed by atoms with E-state index in [9.17, 15) is 8.42 Å². The van der Waals surface area contributed by atoms with Crippen LogP contribution in [-0.2, 0) is 10.0 Å². The molecule has 1 heterocycles. The molecule has 1 fully saturated rings. The molecule has 5 heteroatoms. The maximum absolute atomic E-state index is 12.1. The lowest BCUT2D eigenvalue weighted by atomic mass is 9.80. The van der Waals surface area contributed by atoms with Crippen LogP contribution in [0.25, 0.3) is 0 Å². The number of rotatable bonds is 5. The molecule has 17 heavy (non-hydrogen) atoms. The van der Waals surface area contributed by atoms with Crippen LogP contribution in [0.4, 0.5) is 0 Å². The molecule has 0 amide bonds. The molecular weight excluding hydrogens is 236 g/mol. The second-order valence-electron chi connectivity index (χ2n) is 6.02. The van der Waals surface area contributed by atoms with E-state index >= 15 is 0 Å². The summed E-state index contributed by atoms with van der Waals surface area (Å²) in [5.74, 6) is 0.730. The molecule has 1 aliphatic heterocycles. The van der Waals surface area contributed by atoms with Crippen molar-refractivity contribution >= 4 is 10.0 Å². The predicted octanol–water partition coefficient (Wildman–Crippen LogP) is 1.42. The van der Waals surface area contributed by atoms with Crippen molar-refractivity contribution < 1.29 is 8.42 Å². The minimum absolute atomic E-state index is 0.196. The van der Waals surface area contributed by atoms with E-state index in [-0.39, 0.29) is 11.2 Å². The maximum Gasteiger partial charge on any atom is 0.214 e. The van der Waals surface area contributed by atoms with Gasteiger partial charge in [-0.2, -0.15) is 0 Å². The average Bonchev–Trinajstić information content (AvgIpc) is 2.66. The Morgan fingerprint density at radius 3 is 2.41 bits per heavy atom. The van der Waals surface area contributed by atoms with Crippen LogP contribution in [-0.4, -0.2) is 38.1 Å². The SMILES string of the molecule is CC(C)(C)C1CCN(S(=O)(=O)CCCCN)C1. The van der Waals surface area contributed by atoms with Gasteiger partial charge in [0.25, 0.3) is 0 Å². The Kier molecular flexibility index (Phi) is 4.98. The van der Waals surface area contributed by atoms with Gasteiger partial charge in [0.15, 0.2) is 0 Å². The number of nitrogens with two attached hydrogens (primary N) is 1. The molecule has 1 aliphatic rings. The smallest absolute Gasteiger partial charge is 0.214 e. The molecule has 0 aliphatic carbocycles. The first-order valence-electron chi connectivity index (χ1n) is 6.45. The van der Waals surface area contributed by atoms with E-state index in [4.69, 9.17) is 5.73 Å². The van der Waals surface area contributed by atoms with Crippen molar-refractivity contribution in [3.63, 3.8) is 0 Å². The highest BCUT2D eigenvalue weighted by Crippen LogP contribution is 2.34. The quantitative estimate of drug-likeness (QED) is 0.762. The second kappa shape index (κ2) is 5.67. The van der Waals surface area contributed by atoms with Crippen LogP contribution in [0.1, 0.15) is 40.0 Å². The molecule has 1 saturated heterocycles. The van der Waals surface area contributed by atoms with Crippen LogP contribution in [0.5, 0.6) is 0 Å². The van der Waals surface area contributed by atoms with Crippen LogP contribution in [0.3, 0.4) is 0 Å². The molecule has 4 nitrogen and oxygen atoms in total. The van der Waals surface area contributed by atoms with Gasteiger partial charge < -0.3 is 5.73 Å². The summed E-state index contributed by atoms with van der Waals surface area (Å²) in [5.41, 5.74) is 5.58. The fourth-order valence-electron chi connectivity index (χ4n) is 2.25. The highest BCUT2D eigenvalue weighted by Gasteiger charge is 2.36. The zero-order chi connectivity index (χ0) is 13.1. The second-order valence-corrected chi connectivity index (χ2v) is 8.11. The third kappa shape index (κ3) is 4.23. The third-order valence-electron chi connectivity index (χ3n) is 3.63. The standard InChI is InChI=1S/C12H26N2O2S/c1-12(2,3)11-6-8-14(10-11)17(15,16)9-5-4-7-13/h11H,4-10,13H2,1-3H3. The fraction of sp³-hybridized carbons (Fsp3) is 1.00. The molecule has 0 aromatic rings. The normalized spacial score (nSPS) is 23.2. The maximum atomic E-state index is 12.1. The first-order chi connectivity index (χ1) is 7.77. The van der Waals surface area contributed by atoms with Crippen molar-refractivity contribution in [3.8, 4) is 0 Å². The van der Waals surface area contributed by atoms with Gasteiger partial charge in [-0.3, -0.25) is 0 Å². The van der Waals surface area contributed by atoms with Crippen LogP contribution in [0, 0.1) is 11.3 Å². The minimum atomic E-state index is -3.05. The predicted molar refractivity (Wildman–Crippen MR) is 71.2 cm³/mol. The molecule has 1 atom stereocenters. The Morgan fingerprint density at radius 1 is 1.29 bits per heavy atom. The van der Waals surface area contributed by atoms with E-state index in [0.717, 1.165) is 12.8 Å². The minimum Gasteiger partial charge on any atom is -0.330 e. The van der Waals surface area contributed by atoms with Crippen molar-refractivity contribution in [2.45, 2.75) is 40.0 Å². The topological polar surface area (TPSA) is 63.4 Å². The third-order valence-corrected chi connectivity index (χ3v) is 5.55. The lowest BCUT2D eigenvalue weighted by Crippen LogP contribution is -2.33. The van der Waals surface area contributed by atoms with Crippen LogP contribution in [0.2, 0.25) is 0 Å². The Balaban J connectivity index is 2.52. The molecule has 1 rings (SSSR count). The summed E-state index contributed by atoms with van der Waals surface area (Å²) in [7, 11) is -3.05. The van der Waals surface area contributed by atoms with Gasteiger partial charge in [0, 0.05) is 13.1 Å². The van der Waals surface area contributed by atoms with Gasteiger partial charge in [0.05, 0.1) is 5.75 Å². The van der Waals surface area contributed by atoms with Gasteiger partial charge in [0.1, 0.15) is 0 Å². The zero-order valence-corrected chi connectivity index (χ0v) is 12.1. The molecule has 0 radical (unpaired) electrons. The van der Waals surface area contributed by atoms with E-state index in [0.29, 0.717) is 32.0 Å². The highest BCUT2D eigenvalue weighted by molar-refractivity contribution is 7.89. The first kappa shape index (κ1) is 14.9. The van der Waals surface area contributed by atoms with Crippen LogP contribution < -0.4 is 5.73 Å². The van der Waals surface area contributed by atoms with E-state index < -0.39 is 10.0 Å². The average molecular weight is 262 g/mol. The first-order valence-corrected chi connectivity index (χ1v) is 8.06. The molecule has 0 bridgehead atoms.